The third kappa shape index (κ3) is 2.74. The second kappa shape index (κ2) is 4.63. The maximum Gasteiger partial charge on any atom is 0.238 e. The first kappa shape index (κ1) is 13.5. The lowest BCUT2D eigenvalue weighted by Gasteiger charge is -2.16. The predicted octanol–water partition coefficient (Wildman–Crippen LogP) is -0.828. The van der Waals surface area contributed by atoms with Gasteiger partial charge in [0.1, 0.15) is 0 Å². The number of hydrogen-bond donors (Lipinski definition) is 2. The van der Waals surface area contributed by atoms with E-state index >= 15 is 0 Å². The molecule has 0 bridgehead atoms. The fraction of sp³-hybridized carbons (Fsp3) is 0.273. The van der Waals surface area contributed by atoms with Crippen LogP contribution in [0.25, 0.3) is 0 Å². The molecule has 0 aliphatic carbocycles. The molecule has 1 aromatic rings. The normalized spacial score (nSPS) is 19.7. The fourth-order valence-corrected chi connectivity index (χ4v) is 2.48. The van der Waals surface area contributed by atoms with Crippen molar-refractivity contribution in [2.75, 3.05) is 11.4 Å². The smallest absolute Gasteiger partial charge is 0.238 e. The van der Waals surface area contributed by atoms with Gasteiger partial charge in [-0.1, -0.05) is 0 Å². The molecule has 2 rings (SSSR count). The molecule has 4 N–H and O–H groups in total. The van der Waals surface area contributed by atoms with Crippen molar-refractivity contribution >= 4 is 27.5 Å². The van der Waals surface area contributed by atoms with E-state index in [0.717, 1.165) is 0 Å². The molecule has 1 atom stereocenters. The number of nitrogens with zero attached hydrogens (tertiary/aromatic N) is 1. The summed E-state index contributed by atoms with van der Waals surface area (Å²) in [6.07, 6.45) is 0.0757. The number of benzene rings is 1. The summed E-state index contributed by atoms with van der Waals surface area (Å²) < 4.78 is 22.2. The number of amides is 2. The van der Waals surface area contributed by atoms with E-state index < -0.39 is 21.8 Å². The molecule has 0 unspecified atom stereocenters. The average molecular weight is 283 g/mol. The van der Waals surface area contributed by atoms with Gasteiger partial charge in [0.05, 0.1) is 10.8 Å². The molecule has 1 heterocycles. The van der Waals surface area contributed by atoms with Gasteiger partial charge >= 0.3 is 0 Å². The lowest BCUT2D eigenvalue weighted by molar-refractivity contribution is -0.123. The van der Waals surface area contributed by atoms with Crippen molar-refractivity contribution in [3.8, 4) is 0 Å². The molecule has 0 radical (unpaired) electrons. The monoisotopic (exact) mass is 283 g/mol. The molecule has 0 aromatic heterocycles. The van der Waals surface area contributed by atoms with Gasteiger partial charge in [-0.15, -0.1) is 0 Å². The molecule has 1 aliphatic rings. The van der Waals surface area contributed by atoms with E-state index in [0.29, 0.717) is 5.69 Å². The van der Waals surface area contributed by atoms with E-state index in [1.165, 1.54) is 29.2 Å². The number of anilines is 1. The van der Waals surface area contributed by atoms with Gasteiger partial charge in [-0.3, -0.25) is 9.59 Å². The Bertz CT molecular complexity index is 624. The van der Waals surface area contributed by atoms with Gasteiger partial charge in [-0.25, -0.2) is 13.6 Å². The Morgan fingerprint density at radius 2 is 1.84 bits per heavy atom. The molecule has 1 aromatic carbocycles. The first-order chi connectivity index (χ1) is 8.79. The molecule has 2 amide bonds. The lowest BCUT2D eigenvalue weighted by atomic mass is 10.1. The molecular formula is C11H13N3O4S. The number of sulfonamides is 1. The second-order valence-electron chi connectivity index (χ2n) is 4.35. The Morgan fingerprint density at radius 3 is 2.26 bits per heavy atom. The molecule has 19 heavy (non-hydrogen) atoms. The van der Waals surface area contributed by atoms with Crippen molar-refractivity contribution in [2.45, 2.75) is 11.3 Å². The van der Waals surface area contributed by atoms with E-state index in [-0.39, 0.29) is 23.8 Å². The van der Waals surface area contributed by atoms with E-state index in [1.807, 2.05) is 0 Å². The summed E-state index contributed by atoms with van der Waals surface area (Å²) in [5.41, 5.74) is 5.68. The summed E-state index contributed by atoms with van der Waals surface area (Å²) in [5.74, 6) is -1.24. The highest BCUT2D eigenvalue weighted by atomic mass is 32.2. The van der Waals surface area contributed by atoms with Crippen LogP contribution in [0, 0.1) is 5.92 Å². The van der Waals surface area contributed by atoms with E-state index in [1.54, 1.807) is 0 Å². The number of primary amides is 1. The maximum absolute atomic E-state index is 11.7. The molecule has 1 saturated heterocycles. The van der Waals surface area contributed by atoms with Crippen LogP contribution >= 0.6 is 0 Å². The van der Waals surface area contributed by atoms with Crippen LogP contribution in [0.3, 0.4) is 0 Å². The average Bonchev–Trinajstić information content (AvgIpc) is 2.70. The van der Waals surface area contributed by atoms with Crippen molar-refractivity contribution in [3.05, 3.63) is 24.3 Å². The summed E-state index contributed by atoms with van der Waals surface area (Å²) in [7, 11) is -3.76. The molecular weight excluding hydrogens is 270 g/mol. The molecule has 102 valence electrons. The number of rotatable bonds is 3. The zero-order chi connectivity index (χ0) is 14.2. The maximum atomic E-state index is 11.7. The molecule has 0 saturated carbocycles. The second-order valence-corrected chi connectivity index (χ2v) is 5.91. The van der Waals surface area contributed by atoms with Gasteiger partial charge in [0, 0.05) is 18.7 Å². The number of nitrogens with two attached hydrogens (primary N) is 2. The van der Waals surface area contributed by atoms with Crippen LogP contribution in [0.2, 0.25) is 0 Å². The van der Waals surface area contributed by atoms with Crippen LogP contribution in [-0.4, -0.2) is 26.8 Å². The zero-order valence-electron chi connectivity index (χ0n) is 9.94. The first-order valence-corrected chi connectivity index (χ1v) is 7.06. The summed E-state index contributed by atoms with van der Waals surface area (Å²) in [4.78, 5) is 24.2. The molecule has 0 spiro atoms. The van der Waals surface area contributed by atoms with Gasteiger partial charge < -0.3 is 10.6 Å². The van der Waals surface area contributed by atoms with Crippen molar-refractivity contribution in [3.63, 3.8) is 0 Å². The van der Waals surface area contributed by atoms with Gasteiger partial charge in [0.25, 0.3) is 0 Å². The Morgan fingerprint density at radius 1 is 1.26 bits per heavy atom. The number of carbonyl (C=O) groups is 2. The SMILES string of the molecule is NC(=O)[C@H]1CC(=O)N(c2ccc(S(N)(=O)=O)cc2)C1. The standard InChI is InChI=1S/C11H13N3O4S/c12-11(16)7-5-10(15)14(6-7)8-1-3-9(4-2-8)19(13,17)18/h1-4,7H,5-6H2,(H2,12,16)(H2,13,17,18)/t7-/m0/s1. The molecule has 8 heteroatoms. The van der Waals surface area contributed by atoms with E-state index in [2.05, 4.69) is 0 Å². The van der Waals surface area contributed by atoms with Gasteiger partial charge in [0.15, 0.2) is 0 Å². The number of carbonyl (C=O) groups excluding carboxylic acids is 2. The van der Waals surface area contributed by atoms with Crippen LogP contribution in [0.15, 0.2) is 29.2 Å². The highest BCUT2D eigenvalue weighted by Crippen LogP contribution is 2.25. The van der Waals surface area contributed by atoms with Crippen LogP contribution < -0.4 is 15.8 Å². The number of hydrogen-bond acceptors (Lipinski definition) is 4. The quantitative estimate of drug-likeness (QED) is 0.751. The number of primary sulfonamides is 1. The minimum Gasteiger partial charge on any atom is -0.369 e. The van der Waals surface area contributed by atoms with Gasteiger partial charge in [-0.2, -0.15) is 0 Å². The minimum absolute atomic E-state index is 0.0330. The van der Waals surface area contributed by atoms with Crippen LogP contribution in [0.5, 0.6) is 0 Å². The van der Waals surface area contributed by atoms with Gasteiger partial charge in [-0.05, 0) is 24.3 Å². The van der Waals surface area contributed by atoms with Crippen molar-refractivity contribution < 1.29 is 18.0 Å². The molecule has 7 nitrogen and oxygen atoms in total. The van der Waals surface area contributed by atoms with Crippen LogP contribution in [-0.2, 0) is 19.6 Å². The summed E-state index contributed by atoms with van der Waals surface area (Å²) in [5, 5.41) is 4.98. The Labute approximate surface area is 110 Å². The van der Waals surface area contributed by atoms with Crippen molar-refractivity contribution in [2.24, 2.45) is 16.8 Å². The predicted molar refractivity (Wildman–Crippen MR) is 67.5 cm³/mol. The topological polar surface area (TPSA) is 124 Å². The molecule has 1 fully saturated rings. The van der Waals surface area contributed by atoms with E-state index in [4.69, 9.17) is 10.9 Å². The summed E-state index contributed by atoms with van der Waals surface area (Å²) in [6.45, 7) is 0.211. The van der Waals surface area contributed by atoms with Crippen LogP contribution in [0.4, 0.5) is 5.69 Å². The Kier molecular flexibility index (Phi) is 3.29. The highest BCUT2D eigenvalue weighted by molar-refractivity contribution is 7.89. The third-order valence-electron chi connectivity index (χ3n) is 3.00. The van der Waals surface area contributed by atoms with Crippen molar-refractivity contribution in [1.29, 1.82) is 0 Å². The Hall–Kier alpha value is -1.93. The zero-order valence-corrected chi connectivity index (χ0v) is 10.8. The summed E-state index contributed by atoms with van der Waals surface area (Å²) in [6, 6.07) is 5.58. The fourth-order valence-electron chi connectivity index (χ4n) is 1.96. The first-order valence-electron chi connectivity index (χ1n) is 5.51. The van der Waals surface area contributed by atoms with Crippen LogP contribution in [0.1, 0.15) is 6.42 Å². The van der Waals surface area contributed by atoms with Crippen molar-refractivity contribution in [1.82, 2.24) is 0 Å². The van der Waals surface area contributed by atoms with Gasteiger partial charge in [0.2, 0.25) is 21.8 Å². The molecule has 1 aliphatic heterocycles. The third-order valence-corrected chi connectivity index (χ3v) is 3.93. The van der Waals surface area contributed by atoms with E-state index in [9.17, 15) is 18.0 Å². The largest absolute Gasteiger partial charge is 0.369 e. The summed E-state index contributed by atoms with van der Waals surface area (Å²) >= 11 is 0. The minimum atomic E-state index is -3.76. The lowest BCUT2D eigenvalue weighted by Crippen LogP contribution is -2.28. The Balaban J connectivity index is 2.24. The highest BCUT2D eigenvalue weighted by Gasteiger charge is 2.33.